The molecule has 0 atom stereocenters. The Hall–Kier alpha value is -0.160. The van der Waals surface area contributed by atoms with Crippen molar-refractivity contribution in [3.63, 3.8) is 0 Å². The van der Waals surface area contributed by atoms with Crippen LogP contribution in [0.5, 0.6) is 0 Å². The van der Waals surface area contributed by atoms with Gasteiger partial charge in [0.25, 0.3) is 0 Å². The zero-order valence-corrected chi connectivity index (χ0v) is 9.58. The Morgan fingerprint density at radius 2 is 1.53 bits per heavy atom. The predicted octanol–water partition coefficient (Wildman–Crippen LogP) is 0.772. The van der Waals surface area contributed by atoms with Crippen LogP contribution in [0.3, 0.4) is 0 Å². The molecule has 15 heavy (non-hydrogen) atoms. The minimum Gasteiger partial charge on any atom is -0.388 e. The fourth-order valence-electron chi connectivity index (χ4n) is 2.47. The molecule has 0 bridgehead atoms. The first-order valence-corrected chi connectivity index (χ1v) is 5.66. The largest absolute Gasteiger partial charge is 0.388 e. The second-order valence-corrected chi connectivity index (χ2v) is 5.36. The number of rotatable bonds is 1. The molecule has 4 heteroatoms. The molecular weight excluding hydrogens is 194 g/mol. The summed E-state index contributed by atoms with van der Waals surface area (Å²) in [6.45, 7) is 5.09. The summed E-state index contributed by atoms with van der Waals surface area (Å²) in [6.07, 6.45) is 2.78. The Bertz CT molecular complexity index is 231. The molecule has 1 aliphatic carbocycles. The van der Waals surface area contributed by atoms with E-state index in [1.807, 2.05) is 13.8 Å². The Labute approximate surface area is 90.7 Å². The van der Waals surface area contributed by atoms with Crippen LogP contribution < -0.4 is 5.73 Å². The van der Waals surface area contributed by atoms with Crippen LogP contribution in [0.2, 0.25) is 0 Å². The maximum absolute atomic E-state index is 10.4. The van der Waals surface area contributed by atoms with Crippen LogP contribution in [0.1, 0.15) is 39.5 Å². The standard InChI is InChI=1S/C11H21NO3/c1-9(2,12)10(13)3-5-11(6-4-10)14-7-8-15-11/h13H,3-8,12H2,1-2H3. The highest BCUT2D eigenvalue weighted by Gasteiger charge is 2.50. The van der Waals surface area contributed by atoms with Gasteiger partial charge in [0.15, 0.2) is 5.79 Å². The molecule has 2 aliphatic rings. The van der Waals surface area contributed by atoms with Gasteiger partial charge in [-0.25, -0.2) is 0 Å². The summed E-state index contributed by atoms with van der Waals surface area (Å²) >= 11 is 0. The third-order valence-electron chi connectivity index (χ3n) is 3.85. The minimum absolute atomic E-state index is 0.419. The minimum atomic E-state index is -0.784. The monoisotopic (exact) mass is 215 g/mol. The van der Waals surface area contributed by atoms with Crippen LogP contribution in [0.15, 0.2) is 0 Å². The van der Waals surface area contributed by atoms with Crippen molar-refractivity contribution in [1.82, 2.24) is 0 Å². The number of aliphatic hydroxyl groups is 1. The SMILES string of the molecule is CC(C)(N)C1(O)CCC2(CC1)OCCO2. The van der Waals surface area contributed by atoms with E-state index in [4.69, 9.17) is 15.2 Å². The molecule has 1 heterocycles. The lowest BCUT2D eigenvalue weighted by atomic mass is 9.71. The van der Waals surface area contributed by atoms with E-state index in [2.05, 4.69) is 0 Å². The van der Waals surface area contributed by atoms with Crippen LogP contribution in [0.4, 0.5) is 0 Å². The molecule has 4 nitrogen and oxygen atoms in total. The van der Waals surface area contributed by atoms with Gasteiger partial charge in [-0.05, 0) is 26.7 Å². The zero-order valence-electron chi connectivity index (χ0n) is 9.58. The fourth-order valence-corrected chi connectivity index (χ4v) is 2.47. The Kier molecular flexibility index (Phi) is 2.58. The highest BCUT2D eigenvalue weighted by molar-refractivity contribution is 5.02. The highest BCUT2D eigenvalue weighted by Crippen LogP contribution is 2.43. The zero-order chi connectivity index (χ0) is 11.2. The number of ether oxygens (including phenoxy) is 2. The van der Waals surface area contributed by atoms with Crippen LogP contribution in [-0.4, -0.2) is 35.2 Å². The summed E-state index contributed by atoms with van der Waals surface area (Å²) in [5.41, 5.74) is 4.65. The molecule has 0 amide bonds. The van der Waals surface area contributed by atoms with Crippen molar-refractivity contribution in [3.05, 3.63) is 0 Å². The summed E-state index contributed by atoms with van der Waals surface area (Å²) in [7, 11) is 0. The quantitative estimate of drug-likeness (QED) is 0.678. The van der Waals surface area contributed by atoms with Gasteiger partial charge in [-0.2, -0.15) is 0 Å². The summed E-state index contributed by atoms with van der Waals surface area (Å²) in [4.78, 5) is 0. The number of hydrogen-bond acceptors (Lipinski definition) is 4. The summed E-state index contributed by atoms with van der Waals surface area (Å²) in [5.74, 6) is -0.419. The maximum Gasteiger partial charge on any atom is 0.168 e. The first-order valence-electron chi connectivity index (χ1n) is 5.66. The molecule has 0 unspecified atom stereocenters. The topological polar surface area (TPSA) is 64.7 Å². The molecule has 1 spiro atoms. The molecule has 0 aromatic heterocycles. The lowest BCUT2D eigenvalue weighted by Crippen LogP contribution is -2.60. The molecule has 2 rings (SSSR count). The van der Waals surface area contributed by atoms with Crippen molar-refractivity contribution in [1.29, 1.82) is 0 Å². The van der Waals surface area contributed by atoms with Crippen LogP contribution in [0.25, 0.3) is 0 Å². The predicted molar refractivity (Wildman–Crippen MR) is 56.3 cm³/mol. The van der Waals surface area contributed by atoms with Gasteiger partial charge in [-0.3, -0.25) is 0 Å². The molecule has 0 radical (unpaired) electrons. The Morgan fingerprint density at radius 1 is 1.07 bits per heavy atom. The van der Waals surface area contributed by atoms with Gasteiger partial charge in [-0.1, -0.05) is 0 Å². The average molecular weight is 215 g/mol. The summed E-state index contributed by atoms with van der Waals surface area (Å²) < 4.78 is 11.2. The van der Waals surface area contributed by atoms with Crippen molar-refractivity contribution in [2.45, 2.75) is 56.5 Å². The second-order valence-electron chi connectivity index (χ2n) is 5.36. The van der Waals surface area contributed by atoms with E-state index in [0.29, 0.717) is 26.1 Å². The molecule has 1 aliphatic heterocycles. The molecular formula is C11H21NO3. The molecule has 0 aromatic carbocycles. The summed E-state index contributed by atoms with van der Waals surface area (Å²) in [6, 6.07) is 0. The van der Waals surface area contributed by atoms with E-state index in [1.54, 1.807) is 0 Å². The molecule has 1 saturated carbocycles. The molecule has 88 valence electrons. The molecule has 0 aromatic rings. The fraction of sp³-hybridized carbons (Fsp3) is 1.00. The van der Waals surface area contributed by atoms with Crippen LogP contribution >= 0.6 is 0 Å². The van der Waals surface area contributed by atoms with Gasteiger partial charge in [0.2, 0.25) is 0 Å². The van der Waals surface area contributed by atoms with Crippen LogP contribution in [-0.2, 0) is 9.47 Å². The first-order chi connectivity index (χ1) is 6.87. The average Bonchev–Trinajstić information content (AvgIpc) is 2.58. The summed E-state index contributed by atoms with van der Waals surface area (Å²) in [5, 5.41) is 10.4. The van der Waals surface area contributed by atoms with Crippen molar-refractivity contribution >= 4 is 0 Å². The van der Waals surface area contributed by atoms with Crippen molar-refractivity contribution in [3.8, 4) is 0 Å². The van der Waals surface area contributed by atoms with E-state index in [-0.39, 0.29) is 0 Å². The highest BCUT2D eigenvalue weighted by atomic mass is 16.7. The second kappa shape index (κ2) is 3.42. The molecule has 1 saturated heterocycles. The van der Waals surface area contributed by atoms with E-state index < -0.39 is 16.9 Å². The molecule has 3 N–H and O–H groups in total. The smallest absolute Gasteiger partial charge is 0.168 e. The number of nitrogens with two attached hydrogens (primary N) is 1. The van der Waals surface area contributed by atoms with Crippen LogP contribution in [0, 0.1) is 0 Å². The van der Waals surface area contributed by atoms with Gasteiger partial charge in [0, 0.05) is 18.4 Å². The van der Waals surface area contributed by atoms with Crippen molar-refractivity contribution in [2.75, 3.05) is 13.2 Å². The van der Waals surface area contributed by atoms with Gasteiger partial charge >= 0.3 is 0 Å². The van der Waals surface area contributed by atoms with Gasteiger partial charge in [0.05, 0.1) is 18.8 Å². The van der Waals surface area contributed by atoms with E-state index in [9.17, 15) is 5.11 Å². The Morgan fingerprint density at radius 3 is 1.93 bits per heavy atom. The Balaban J connectivity index is 2.02. The normalized spacial score (nSPS) is 29.6. The first kappa shape index (κ1) is 11.3. The van der Waals surface area contributed by atoms with E-state index >= 15 is 0 Å². The van der Waals surface area contributed by atoms with E-state index in [0.717, 1.165) is 12.8 Å². The van der Waals surface area contributed by atoms with Gasteiger partial charge < -0.3 is 20.3 Å². The van der Waals surface area contributed by atoms with Crippen molar-refractivity contribution in [2.24, 2.45) is 5.73 Å². The lowest BCUT2D eigenvalue weighted by molar-refractivity contribution is -0.210. The third kappa shape index (κ3) is 1.91. The van der Waals surface area contributed by atoms with Crippen molar-refractivity contribution < 1.29 is 14.6 Å². The lowest BCUT2D eigenvalue weighted by Gasteiger charge is -2.47. The molecule has 2 fully saturated rings. The maximum atomic E-state index is 10.4. The van der Waals surface area contributed by atoms with Gasteiger partial charge in [0.1, 0.15) is 0 Å². The third-order valence-corrected chi connectivity index (χ3v) is 3.85. The number of hydrogen-bond donors (Lipinski definition) is 2. The van der Waals surface area contributed by atoms with Gasteiger partial charge in [-0.15, -0.1) is 0 Å². The van der Waals surface area contributed by atoms with E-state index in [1.165, 1.54) is 0 Å².